The van der Waals surface area contributed by atoms with Crippen molar-refractivity contribution in [1.82, 2.24) is 5.32 Å². The summed E-state index contributed by atoms with van der Waals surface area (Å²) >= 11 is 1.10. The summed E-state index contributed by atoms with van der Waals surface area (Å²) in [5.41, 5.74) is 0.0564. The smallest absolute Gasteiger partial charge is 0.333 e. The SMILES string of the molecule is C=C(C)C(=O)N[C@@H](I)C(F)(F)F. The predicted octanol–water partition coefficient (Wildman–Crippen LogP) is 2.00. The fraction of sp³-hybridized carbons (Fsp3) is 0.500. The van der Waals surface area contributed by atoms with Gasteiger partial charge in [0.15, 0.2) is 4.05 Å². The van der Waals surface area contributed by atoms with Gasteiger partial charge in [-0.2, -0.15) is 13.2 Å². The Balaban J connectivity index is 4.11. The van der Waals surface area contributed by atoms with E-state index in [1.807, 2.05) is 0 Å². The summed E-state index contributed by atoms with van der Waals surface area (Å²) < 4.78 is 33.6. The van der Waals surface area contributed by atoms with E-state index in [1.54, 1.807) is 5.32 Å². The molecule has 0 bridgehead atoms. The molecule has 0 aliphatic heterocycles. The quantitative estimate of drug-likeness (QED) is 0.359. The number of hydrogen-bond donors (Lipinski definition) is 1. The number of hydrogen-bond acceptors (Lipinski definition) is 1. The first-order valence-electron chi connectivity index (χ1n) is 2.92. The number of rotatable bonds is 2. The van der Waals surface area contributed by atoms with E-state index < -0.39 is 16.1 Å². The molecule has 0 radical (unpaired) electrons. The lowest BCUT2D eigenvalue weighted by atomic mass is 10.3. The van der Waals surface area contributed by atoms with Crippen molar-refractivity contribution < 1.29 is 18.0 Å². The largest absolute Gasteiger partial charge is 0.417 e. The fourth-order valence-electron chi connectivity index (χ4n) is 0.320. The van der Waals surface area contributed by atoms with Crippen molar-refractivity contribution in [3.05, 3.63) is 12.2 Å². The van der Waals surface area contributed by atoms with Crippen LogP contribution in [0.2, 0.25) is 0 Å². The van der Waals surface area contributed by atoms with Crippen LogP contribution in [0.3, 0.4) is 0 Å². The number of halogens is 4. The average molecular weight is 293 g/mol. The van der Waals surface area contributed by atoms with E-state index in [4.69, 9.17) is 0 Å². The van der Waals surface area contributed by atoms with Crippen molar-refractivity contribution in [2.75, 3.05) is 0 Å². The standard InChI is InChI=1S/C6H7F3INO/c1-3(2)4(12)11-5(10)6(7,8)9/h5H,1H2,2H3,(H,11,12)/t5-/m1/s1. The summed E-state index contributed by atoms with van der Waals surface area (Å²) in [7, 11) is 0. The van der Waals surface area contributed by atoms with Crippen LogP contribution in [0, 0.1) is 0 Å². The molecule has 0 heterocycles. The Morgan fingerprint density at radius 3 is 2.25 bits per heavy atom. The zero-order valence-corrected chi connectivity index (χ0v) is 8.36. The molecule has 0 aromatic heterocycles. The van der Waals surface area contributed by atoms with Crippen LogP contribution in [-0.2, 0) is 4.79 Å². The monoisotopic (exact) mass is 293 g/mol. The normalized spacial score (nSPS) is 13.8. The average Bonchev–Trinajstić information content (AvgIpc) is 1.85. The first-order valence-corrected chi connectivity index (χ1v) is 4.17. The highest BCUT2D eigenvalue weighted by Crippen LogP contribution is 2.24. The Morgan fingerprint density at radius 1 is 1.58 bits per heavy atom. The second-order valence-electron chi connectivity index (χ2n) is 2.16. The minimum atomic E-state index is -4.41. The summed E-state index contributed by atoms with van der Waals surface area (Å²) in [5.74, 6) is -0.785. The first kappa shape index (κ1) is 11.7. The second kappa shape index (κ2) is 4.11. The lowest BCUT2D eigenvalue weighted by Gasteiger charge is -2.15. The van der Waals surface area contributed by atoms with E-state index in [-0.39, 0.29) is 5.57 Å². The van der Waals surface area contributed by atoms with Gasteiger partial charge in [0, 0.05) is 5.57 Å². The van der Waals surface area contributed by atoms with Gasteiger partial charge in [-0.15, -0.1) is 0 Å². The van der Waals surface area contributed by atoms with Crippen LogP contribution in [0.5, 0.6) is 0 Å². The third-order valence-corrected chi connectivity index (χ3v) is 1.95. The van der Waals surface area contributed by atoms with Crippen molar-refractivity contribution in [2.45, 2.75) is 17.1 Å². The molecule has 1 N–H and O–H groups in total. The van der Waals surface area contributed by atoms with E-state index in [0.717, 1.165) is 22.6 Å². The molecule has 0 aliphatic carbocycles. The Kier molecular flexibility index (Phi) is 4.01. The summed E-state index contributed by atoms with van der Waals surface area (Å²) in [6.07, 6.45) is -4.41. The molecule has 1 atom stereocenters. The van der Waals surface area contributed by atoms with Crippen LogP contribution >= 0.6 is 22.6 Å². The van der Waals surface area contributed by atoms with Gasteiger partial charge < -0.3 is 5.32 Å². The Hall–Kier alpha value is -0.270. The fourth-order valence-corrected chi connectivity index (χ4v) is 0.603. The first-order chi connectivity index (χ1) is 5.25. The molecule has 0 spiro atoms. The molecule has 0 aliphatic rings. The van der Waals surface area contributed by atoms with Crippen LogP contribution in [0.1, 0.15) is 6.92 Å². The van der Waals surface area contributed by atoms with Crippen LogP contribution in [0.4, 0.5) is 13.2 Å². The summed E-state index contributed by atoms with van der Waals surface area (Å²) in [4.78, 5) is 10.7. The maximum atomic E-state index is 11.8. The van der Waals surface area contributed by atoms with Crippen molar-refractivity contribution >= 4 is 28.5 Å². The highest BCUT2D eigenvalue weighted by atomic mass is 127. The lowest BCUT2D eigenvalue weighted by molar-refractivity contribution is -0.140. The van der Waals surface area contributed by atoms with E-state index in [1.165, 1.54) is 6.92 Å². The van der Waals surface area contributed by atoms with Gasteiger partial charge in [0.25, 0.3) is 0 Å². The molecule has 1 amide bonds. The summed E-state index contributed by atoms with van der Waals surface area (Å²) in [6.45, 7) is 4.55. The Bertz CT molecular complexity index is 201. The third kappa shape index (κ3) is 3.93. The molecule has 0 rings (SSSR count). The van der Waals surface area contributed by atoms with Gasteiger partial charge in [-0.25, -0.2) is 0 Å². The van der Waals surface area contributed by atoms with Gasteiger partial charge in [0.05, 0.1) is 0 Å². The molecule has 12 heavy (non-hydrogen) atoms. The molecule has 0 saturated carbocycles. The van der Waals surface area contributed by atoms with E-state index in [2.05, 4.69) is 6.58 Å². The van der Waals surface area contributed by atoms with E-state index in [9.17, 15) is 18.0 Å². The van der Waals surface area contributed by atoms with Crippen LogP contribution in [0.25, 0.3) is 0 Å². The molecule has 0 unspecified atom stereocenters. The maximum absolute atomic E-state index is 11.8. The Morgan fingerprint density at radius 2 is 2.00 bits per heavy atom. The van der Waals surface area contributed by atoms with Crippen LogP contribution < -0.4 is 5.32 Å². The minimum absolute atomic E-state index is 0.0564. The molecular formula is C6H7F3INO. The molecule has 0 aromatic carbocycles. The highest BCUT2D eigenvalue weighted by molar-refractivity contribution is 14.1. The zero-order valence-electron chi connectivity index (χ0n) is 6.20. The molecular weight excluding hydrogens is 286 g/mol. The molecule has 0 aromatic rings. The molecule has 2 nitrogen and oxygen atoms in total. The second-order valence-corrected chi connectivity index (χ2v) is 3.40. The summed E-state index contributed by atoms with van der Waals surface area (Å²) in [5, 5.41) is 1.74. The number of nitrogens with one attached hydrogen (secondary N) is 1. The van der Waals surface area contributed by atoms with Gasteiger partial charge in [-0.3, -0.25) is 4.79 Å². The topological polar surface area (TPSA) is 29.1 Å². The van der Waals surface area contributed by atoms with Crippen molar-refractivity contribution in [2.24, 2.45) is 0 Å². The van der Waals surface area contributed by atoms with Crippen molar-refractivity contribution in [3.8, 4) is 0 Å². The number of amides is 1. The van der Waals surface area contributed by atoms with Gasteiger partial charge in [0.1, 0.15) is 0 Å². The predicted molar refractivity (Wildman–Crippen MR) is 46.8 cm³/mol. The van der Waals surface area contributed by atoms with Crippen LogP contribution in [0.15, 0.2) is 12.2 Å². The third-order valence-electron chi connectivity index (χ3n) is 0.933. The molecule has 70 valence electrons. The van der Waals surface area contributed by atoms with Crippen molar-refractivity contribution in [1.29, 1.82) is 0 Å². The van der Waals surface area contributed by atoms with Gasteiger partial charge in [-0.1, -0.05) is 6.58 Å². The van der Waals surface area contributed by atoms with Gasteiger partial charge >= 0.3 is 6.18 Å². The summed E-state index contributed by atoms with van der Waals surface area (Å²) in [6, 6.07) is 0. The Labute approximate surface area is 81.3 Å². The van der Waals surface area contributed by atoms with E-state index >= 15 is 0 Å². The minimum Gasteiger partial charge on any atom is -0.333 e. The maximum Gasteiger partial charge on any atom is 0.417 e. The van der Waals surface area contributed by atoms with Gasteiger partial charge in [-0.05, 0) is 29.5 Å². The lowest BCUT2D eigenvalue weighted by Crippen LogP contribution is -2.40. The number of alkyl halides is 4. The van der Waals surface area contributed by atoms with Crippen LogP contribution in [-0.4, -0.2) is 16.1 Å². The zero-order chi connectivity index (χ0) is 9.94. The molecule has 0 fully saturated rings. The van der Waals surface area contributed by atoms with Crippen molar-refractivity contribution in [3.63, 3.8) is 0 Å². The number of carbonyl (C=O) groups excluding carboxylic acids is 1. The van der Waals surface area contributed by atoms with Gasteiger partial charge in [0.2, 0.25) is 5.91 Å². The number of carbonyl (C=O) groups is 1. The highest BCUT2D eigenvalue weighted by Gasteiger charge is 2.38. The molecule has 6 heteroatoms. The molecule has 0 saturated heterocycles. The van der Waals surface area contributed by atoms with E-state index in [0.29, 0.717) is 0 Å².